The van der Waals surface area contributed by atoms with Crippen LogP contribution in [0.25, 0.3) is 0 Å². The molecule has 0 aromatic rings. The predicted molar refractivity (Wildman–Crippen MR) is 56.3 cm³/mol. The summed E-state index contributed by atoms with van der Waals surface area (Å²) < 4.78 is 5.13. The fourth-order valence-corrected chi connectivity index (χ4v) is 2.09. The zero-order chi connectivity index (χ0) is 10.6. The maximum atomic E-state index is 11.5. The summed E-state index contributed by atoms with van der Waals surface area (Å²) in [4.78, 5) is 13.8. The van der Waals surface area contributed by atoms with Crippen LogP contribution in [0.2, 0.25) is 0 Å². The lowest BCUT2D eigenvalue weighted by Crippen LogP contribution is -2.37. The lowest BCUT2D eigenvalue weighted by Gasteiger charge is -2.22. The third kappa shape index (κ3) is 2.79. The van der Waals surface area contributed by atoms with Crippen LogP contribution in [-0.4, -0.2) is 43.5 Å². The number of rotatable bonds is 5. The molecule has 0 N–H and O–H groups in total. The minimum Gasteiger partial charge on any atom is -0.384 e. The number of hydrogen-bond acceptors (Lipinski definition) is 3. The smallest absolute Gasteiger partial charge is 0.149 e. The van der Waals surface area contributed by atoms with Crippen molar-refractivity contribution in [2.45, 2.75) is 32.7 Å². The number of Topliss-reactive ketones (excluding diaryl/α,β-unsaturated/α-hetero) is 1. The minimum absolute atomic E-state index is 0.0989. The van der Waals surface area contributed by atoms with E-state index in [0.717, 1.165) is 26.1 Å². The van der Waals surface area contributed by atoms with Gasteiger partial charge in [0.1, 0.15) is 5.78 Å². The van der Waals surface area contributed by atoms with Crippen molar-refractivity contribution in [2.24, 2.45) is 5.92 Å². The molecule has 1 fully saturated rings. The third-order valence-electron chi connectivity index (χ3n) is 3.08. The van der Waals surface area contributed by atoms with E-state index in [1.807, 2.05) is 13.8 Å². The molecule has 1 aliphatic rings. The van der Waals surface area contributed by atoms with Crippen molar-refractivity contribution in [3.63, 3.8) is 0 Å². The summed E-state index contributed by atoms with van der Waals surface area (Å²) >= 11 is 0. The number of carbonyl (C=O) groups is 1. The Bertz CT molecular complexity index is 194. The molecule has 0 bridgehead atoms. The summed E-state index contributed by atoms with van der Waals surface area (Å²) in [5, 5.41) is 0. The van der Waals surface area contributed by atoms with Gasteiger partial charge in [0.25, 0.3) is 0 Å². The van der Waals surface area contributed by atoms with Crippen LogP contribution in [0.1, 0.15) is 26.7 Å². The largest absolute Gasteiger partial charge is 0.384 e. The normalized spacial score (nSPS) is 25.2. The number of carbonyl (C=O) groups excluding carboxylic acids is 1. The number of nitrogens with zero attached hydrogens (tertiary/aromatic N) is 1. The first-order chi connectivity index (χ1) is 6.69. The van der Waals surface area contributed by atoms with Gasteiger partial charge >= 0.3 is 0 Å². The Morgan fingerprint density at radius 1 is 1.64 bits per heavy atom. The molecule has 0 saturated carbocycles. The summed E-state index contributed by atoms with van der Waals surface area (Å²) in [6.07, 6.45) is 1.81. The van der Waals surface area contributed by atoms with E-state index in [0.29, 0.717) is 18.1 Å². The van der Waals surface area contributed by atoms with Gasteiger partial charge in [0.05, 0.1) is 12.6 Å². The van der Waals surface area contributed by atoms with Crippen molar-refractivity contribution in [1.29, 1.82) is 0 Å². The van der Waals surface area contributed by atoms with Gasteiger partial charge in [-0.1, -0.05) is 6.92 Å². The van der Waals surface area contributed by atoms with Crippen LogP contribution in [0.15, 0.2) is 0 Å². The standard InChI is InChI=1S/C11H21NO2/c1-4-11(13)9(2)12-6-5-10(7-12)8-14-3/h9-10H,4-8H2,1-3H3. The zero-order valence-corrected chi connectivity index (χ0v) is 9.45. The molecule has 3 heteroatoms. The van der Waals surface area contributed by atoms with Gasteiger partial charge in [-0.05, 0) is 25.8 Å². The second-order valence-electron chi connectivity index (χ2n) is 4.10. The number of ketones is 1. The van der Waals surface area contributed by atoms with Gasteiger partial charge in [-0.3, -0.25) is 9.69 Å². The highest BCUT2D eigenvalue weighted by Crippen LogP contribution is 2.19. The topological polar surface area (TPSA) is 29.5 Å². The maximum Gasteiger partial charge on any atom is 0.149 e. The van der Waals surface area contributed by atoms with Gasteiger partial charge in [-0.2, -0.15) is 0 Å². The Labute approximate surface area is 86.4 Å². The molecule has 0 aromatic heterocycles. The van der Waals surface area contributed by atoms with Crippen LogP contribution in [-0.2, 0) is 9.53 Å². The van der Waals surface area contributed by atoms with Crippen molar-refractivity contribution < 1.29 is 9.53 Å². The zero-order valence-electron chi connectivity index (χ0n) is 9.45. The van der Waals surface area contributed by atoms with Crippen molar-refractivity contribution in [2.75, 3.05) is 26.8 Å². The summed E-state index contributed by atoms with van der Waals surface area (Å²) in [5.74, 6) is 0.968. The van der Waals surface area contributed by atoms with Gasteiger partial charge in [-0.25, -0.2) is 0 Å². The van der Waals surface area contributed by atoms with Gasteiger partial charge in [0.2, 0.25) is 0 Å². The van der Waals surface area contributed by atoms with E-state index in [2.05, 4.69) is 4.90 Å². The van der Waals surface area contributed by atoms with Crippen LogP contribution < -0.4 is 0 Å². The van der Waals surface area contributed by atoms with E-state index in [1.54, 1.807) is 7.11 Å². The number of methoxy groups -OCH3 is 1. The number of hydrogen-bond donors (Lipinski definition) is 0. The number of likely N-dealkylation sites (tertiary alicyclic amines) is 1. The van der Waals surface area contributed by atoms with Crippen molar-refractivity contribution in [3.05, 3.63) is 0 Å². The summed E-state index contributed by atoms with van der Waals surface area (Å²) in [7, 11) is 1.74. The second kappa shape index (κ2) is 5.47. The lowest BCUT2D eigenvalue weighted by molar-refractivity contribution is -0.123. The second-order valence-corrected chi connectivity index (χ2v) is 4.10. The summed E-state index contributed by atoms with van der Waals surface area (Å²) in [5.41, 5.74) is 0. The molecule has 14 heavy (non-hydrogen) atoms. The average molecular weight is 199 g/mol. The molecular formula is C11H21NO2. The van der Waals surface area contributed by atoms with Crippen molar-refractivity contribution in [1.82, 2.24) is 4.90 Å². The van der Waals surface area contributed by atoms with Crippen LogP contribution >= 0.6 is 0 Å². The molecule has 1 aliphatic heterocycles. The molecule has 1 saturated heterocycles. The van der Waals surface area contributed by atoms with E-state index < -0.39 is 0 Å². The molecule has 2 atom stereocenters. The van der Waals surface area contributed by atoms with Crippen LogP contribution in [0.5, 0.6) is 0 Å². The molecule has 0 aromatic carbocycles. The molecule has 2 unspecified atom stereocenters. The third-order valence-corrected chi connectivity index (χ3v) is 3.08. The number of ether oxygens (including phenoxy) is 1. The van der Waals surface area contributed by atoms with Crippen LogP contribution in [0.4, 0.5) is 0 Å². The maximum absolute atomic E-state index is 11.5. The Morgan fingerprint density at radius 3 is 2.93 bits per heavy atom. The van der Waals surface area contributed by atoms with E-state index in [-0.39, 0.29) is 6.04 Å². The van der Waals surface area contributed by atoms with Gasteiger partial charge < -0.3 is 4.74 Å². The predicted octanol–water partition coefficient (Wildman–Crippen LogP) is 1.32. The molecular weight excluding hydrogens is 178 g/mol. The van der Waals surface area contributed by atoms with Gasteiger partial charge in [-0.15, -0.1) is 0 Å². The molecule has 1 rings (SSSR count). The molecule has 0 amide bonds. The Hall–Kier alpha value is -0.410. The first kappa shape index (κ1) is 11.7. The Balaban J connectivity index is 2.37. The van der Waals surface area contributed by atoms with Crippen LogP contribution in [0, 0.1) is 5.92 Å². The van der Waals surface area contributed by atoms with Crippen molar-refractivity contribution in [3.8, 4) is 0 Å². The van der Waals surface area contributed by atoms with Gasteiger partial charge in [0, 0.05) is 20.1 Å². The average Bonchev–Trinajstić information content (AvgIpc) is 2.64. The van der Waals surface area contributed by atoms with E-state index in [1.165, 1.54) is 0 Å². The Morgan fingerprint density at radius 2 is 2.36 bits per heavy atom. The quantitative estimate of drug-likeness (QED) is 0.669. The van der Waals surface area contributed by atoms with Gasteiger partial charge in [0.15, 0.2) is 0 Å². The van der Waals surface area contributed by atoms with E-state index >= 15 is 0 Å². The fourth-order valence-electron chi connectivity index (χ4n) is 2.09. The van der Waals surface area contributed by atoms with E-state index in [9.17, 15) is 4.79 Å². The first-order valence-electron chi connectivity index (χ1n) is 5.44. The molecule has 0 radical (unpaired) electrons. The SMILES string of the molecule is CCC(=O)C(C)N1CCC(COC)C1. The van der Waals surface area contributed by atoms with Crippen LogP contribution in [0.3, 0.4) is 0 Å². The molecule has 3 nitrogen and oxygen atoms in total. The van der Waals surface area contributed by atoms with E-state index in [4.69, 9.17) is 4.74 Å². The summed E-state index contributed by atoms with van der Waals surface area (Å²) in [6.45, 7) is 6.83. The molecule has 82 valence electrons. The monoisotopic (exact) mass is 199 g/mol. The molecule has 0 aliphatic carbocycles. The minimum atomic E-state index is 0.0989. The molecule has 0 spiro atoms. The fraction of sp³-hybridized carbons (Fsp3) is 0.909. The summed E-state index contributed by atoms with van der Waals surface area (Å²) in [6, 6.07) is 0.0989. The Kier molecular flexibility index (Phi) is 4.55. The van der Waals surface area contributed by atoms with Crippen molar-refractivity contribution >= 4 is 5.78 Å². The highest BCUT2D eigenvalue weighted by Gasteiger charge is 2.28. The molecule has 1 heterocycles. The first-order valence-corrected chi connectivity index (χ1v) is 5.44. The highest BCUT2D eigenvalue weighted by molar-refractivity contribution is 5.83. The highest BCUT2D eigenvalue weighted by atomic mass is 16.5. The lowest BCUT2D eigenvalue weighted by atomic mass is 10.1.